The highest BCUT2D eigenvalue weighted by Gasteiger charge is 2.25. The van der Waals surface area contributed by atoms with Gasteiger partial charge in [-0.15, -0.1) is 0 Å². The van der Waals surface area contributed by atoms with Gasteiger partial charge >= 0.3 is 0 Å². The number of hydrogen-bond donors (Lipinski definition) is 1. The first-order valence-corrected chi connectivity index (χ1v) is 9.52. The highest BCUT2D eigenvalue weighted by Crippen LogP contribution is 2.36. The lowest BCUT2D eigenvalue weighted by atomic mass is 9.99. The predicted octanol–water partition coefficient (Wildman–Crippen LogP) is 6.03. The van der Waals surface area contributed by atoms with E-state index < -0.39 is 4.83 Å². The van der Waals surface area contributed by atoms with Crippen molar-refractivity contribution in [2.75, 3.05) is 6.61 Å². The van der Waals surface area contributed by atoms with Crippen molar-refractivity contribution >= 4 is 32.6 Å². The van der Waals surface area contributed by atoms with Crippen LogP contribution in [0.5, 0.6) is 5.75 Å². The lowest BCUT2D eigenvalue weighted by Gasteiger charge is -2.15. The molecule has 1 atom stereocenters. The van der Waals surface area contributed by atoms with Gasteiger partial charge in [-0.05, 0) is 49.6 Å². The second-order valence-electron chi connectivity index (χ2n) is 6.44. The zero-order chi connectivity index (χ0) is 18.8. The molecule has 3 rings (SSSR count). The molecule has 5 heteroatoms. The maximum absolute atomic E-state index is 13.6. The van der Waals surface area contributed by atoms with Gasteiger partial charge in [-0.3, -0.25) is 4.79 Å². The fraction of sp³-hybridized carbons (Fsp3) is 0.286. The van der Waals surface area contributed by atoms with E-state index in [2.05, 4.69) is 20.9 Å². The number of nitrogens with one attached hydrogen (secondary N) is 1. The summed E-state index contributed by atoms with van der Waals surface area (Å²) in [6.07, 6.45) is 2.54. The molecule has 0 amide bonds. The largest absolute Gasteiger partial charge is 0.493 e. The predicted molar refractivity (Wildman–Crippen MR) is 106 cm³/mol. The Morgan fingerprint density at radius 3 is 2.69 bits per heavy atom. The van der Waals surface area contributed by atoms with Gasteiger partial charge in [0.1, 0.15) is 16.4 Å². The Morgan fingerprint density at radius 1 is 1.23 bits per heavy atom. The average Bonchev–Trinajstić information content (AvgIpc) is 3.01. The summed E-state index contributed by atoms with van der Waals surface area (Å²) in [5, 5.41) is 0.890. The average molecular weight is 418 g/mol. The number of rotatable bonds is 6. The van der Waals surface area contributed by atoms with E-state index in [0.717, 1.165) is 22.9 Å². The third-order valence-electron chi connectivity index (χ3n) is 4.50. The van der Waals surface area contributed by atoms with Gasteiger partial charge in [0.05, 0.1) is 6.61 Å². The van der Waals surface area contributed by atoms with Crippen molar-refractivity contribution in [3.05, 3.63) is 64.6 Å². The molecule has 0 aliphatic carbocycles. The molecule has 1 unspecified atom stereocenters. The van der Waals surface area contributed by atoms with Gasteiger partial charge in [0, 0.05) is 34.3 Å². The number of benzene rings is 2. The van der Waals surface area contributed by atoms with E-state index in [1.807, 2.05) is 32.9 Å². The quantitative estimate of drug-likeness (QED) is 0.392. The summed E-state index contributed by atoms with van der Waals surface area (Å²) < 4.78 is 19.3. The van der Waals surface area contributed by atoms with E-state index in [9.17, 15) is 9.18 Å². The molecule has 0 fully saturated rings. The third-order valence-corrected chi connectivity index (χ3v) is 5.41. The molecule has 3 nitrogen and oxygen atoms in total. The summed E-state index contributed by atoms with van der Waals surface area (Å²) in [6.45, 7) is 6.51. The number of H-pyrrole nitrogens is 1. The molecule has 0 aliphatic heterocycles. The second-order valence-corrected chi connectivity index (χ2v) is 7.36. The molecule has 1 N–H and O–H groups in total. The number of ketones is 1. The van der Waals surface area contributed by atoms with Crippen molar-refractivity contribution in [2.24, 2.45) is 0 Å². The number of hydrogen-bond acceptors (Lipinski definition) is 2. The maximum atomic E-state index is 13.6. The normalized spacial score (nSPS) is 12.3. The number of aromatic nitrogens is 1. The Bertz CT molecular complexity index is 964. The molecule has 26 heavy (non-hydrogen) atoms. The number of Topliss-reactive ketones (excluding diaryl/α,β-unsaturated/α-hetero) is 1. The summed E-state index contributed by atoms with van der Waals surface area (Å²) in [5.41, 5.74) is 4.46. The monoisotopic (exact) mass is 417 g/mol. The lowest BCUT2D eigenvalue weighted by Crippen LogP contribution is -2.09. The highest BCUT2D eigenvalue weighted by molar-refractivity contribution is 9.09. The van der Waals surface area contributed by atoms with Crippen LogP contribution in [-0.2, 0) is 0 Å². The molecule has 0 saturated carbocycles. The smallest absolute Gasteiger partial charge is 0.183 e. The van der Waals surface area contributed by atoms with E-state index in [1.54, 1.807) is 12.3 Å². The summed E-state index contributed by atoms with van der Waals surface area (Å²) in [5.74, 6) is -0.0772. The zero-order valence-corrected chi connectivity index (χ0v) is 16.6. The zero-order valence-electron chi connectivity index (χ0n) is 15.0. The molecule has 0 saturated heterocycles. The van der Waals surface area contributed by atoms with E-state index in [0.29, 0.717) is 23.5 Å². The molecule has 1 heterocycles. The van der Waals surface area contributed by atoms with Crippen LogP contribution < -0.4 is 4.74 Å². The molecule has 1 aromatic heterocycles. The number of ether oxygens (including phenoxy) is 1. The summed E-state index contributed by atoms with van der Waals surface area (Å²) >= 11 is 3.49. The van der Waals surface area contributed by atoms with E-state index >= 15 is 0 Å². The molecule has 3 aromatic rings. The van der Waals surface area contributed by atoms with Crippen LogP contribution in [0.2, 0.25) is 0 Å². The minimum atomic E-state index is -0.615. The van der Waals surface area contributed by atoms with E-state index in [4.69, 9.17) is 4.74 Å². The highest BCUT2D eigenvalue weighted by atomic mass is 79.9. The molecule has 0 aliphatic rings. The first-order valence-electron chi connectivity index (χ1n) is 8.61. The second kappa shape index (κ2) is 7.62. The van der Waals surface area contributed by atoms with Crippen LogP contribution in [0, 0.1) is 19.7 Å². The molecular formula is C21H21BrFNO2. The van der Waals surface area contributed by atoms with Gasteiger partial charge < -0.3 is 9.72 Å². The lowest BCUT2D eigenvalue weighted by molar-refractivity contribution is 0.0992. The minimum absolute atomic E-state index is 0.0903. The number of aryl methyl sites for hydroxylation is 2. The first-order chi connectivity index (χ1) is 12.4. The fourth-order valence-electron chi connectivity index (χ4n) is 2.92. The van der Waals surface area contributed by atoms with Gasteiger partial charge in [-0.25, -0.2) is 4.39 Å². The minimum Gasteiger partial charge on any atom is -0.493 e. The number of aromatic amines is 1. The van der Waals surface area contributed by atoms with Crippen LogP contribution in [0.25, 0.3) is 10.9 Å². The fourth-order valence-corrected chi connectivity index (χ4v) is 3.55. The molecule has 0 bridgehead atoms. The van der Waals surface area contributed by atoms with Crippen molar-refractivity contribution in [3.63, 3.8) is 0 Å². The van der Waals surface area contributed by atoms with E-state index in [1.165, 1.54) is 17.7 Å². The first kappa shape index (κ1) is 18.6. The van der Waals surface area contributed by atoms with Crippen molar-refractivity contribution in [2.45, 2.75) is 32.0 Å². The van der Waals surface area contributed by atoms with Crippen molar-refractivity contribution < 1.29 is 13.9 Å². The number of carbonyl (C=O) groups is 1. The maximum Gasteiger partial charge on any atom is 0.183 e. The van der Waals surface area contributed by atoms with Crippen molar-refractivity contribution in [3.8, 4) is 5.75 Å². The molecule has 0 spiro atoms. The Kier molecular flexibility index (Phi) is 5.47. The number of carbonyl (C=O) groups excluding carboxylic acids is 1. The Balaban J connectivity index is 1.99. The summed E-state index contributed by atoms with van der Waals surface area (Å²) in [4.78, 5) is 15.7. The van der Waals surface area contributed by atoms with Crippen LogP contribution in [0.15, 0.2) is 36.5 Å². The third kappa shape index (κ3) is 3.54. The molecule has 136 valence electrons. The number of fused-ring (bicyclic) bond motifs is 1. The van der Waals surface area contributed by atoms with Crippen LogP contribution in [0.1, 0.15) is 45.2 Å². The van der Waals surface area contributed by atoms with Crippen LogP contribution >= 0.6 is 15.9 Å². The number of alkyl halides is 1. The molecule has 2 aromatic carbocycles. The van der Waals surface area contributed by atoms with Crippen LogP contribution in [0.3, 0.4) is 0 Å². The summed E-state index contributed by atoms with van der Waals surface area (Å²) in [7, 11) is 0. The van der Waals surface area contributed by atoms with Crippen molar-refractivity contribution in [1.82, 2.24) is 4.98 Å². The molecule has 0 radical (unpaired) electrons. The van der Waals surface area contributed by atoms with Crippen LogP contribution in [0.4, 0.5) is 4.39 Å². The molecular weight excluding hydrogens is 397 g/mol. The SMILES string of the molecule is CCCOc1cc(F)ccc1C(Br)C(=O)c1c[nH]c2cc(C)c(C)cc12. The van der Waals surface area contributed by atoms with Crippen LogP contribution in [-0.4, -0.2) is 17.4 Å². The topological polar surface area (TPSA) is 42.1 Å². The van der Waals surface area contributed by atoms with Gasteiger partial charge in [0.15, 0.2) is 5.78 Å². The Labute approximate surface area is 160 Å². The van der Waals surface area contributed by atoms with Gasteiger partial charge in [-0.1, -0.05) is 28.9 Å². The Morgan fingerprint density at radius 2 is 1.96 bits per heavy atom. The van der Waals surface area contributed by atoms with Gasteiger partial charge in [0.2, 0.25) is 0 Å². The van der Waals surface area contributed by atoms with Gasteiger partial charge in [-0.2, -0.15) is 0 Å². The Hall–Kier alpha value is -2.14. The summed E-state index contributed by atoms with van der Waals surface area (Å²) in [6, 6.07) is 8.33. The van der Waals surface area contributed by atoms with E-state index in [-0.39, 0.29) is 11.6 Å². The number of halogens is 2. The van der Waals surface area contributed by atoms with Gasteiger partial charge in [0.25, 0.3) is 0 Å². The van der Waals surface area contributed by atoms with Crippen molar-refractivity contribution in [1.29, 1.82) is 0 Å². The standard InChI is InChI=1S/C21H21BrFNO2/c1-4-7-26-19-10-14(23)5-6-15(19)20(22)21(25)17-11-24-18-9-13(3)12(2)8-16(17)18/h5-6,8-11,20,24H,4,7H2,1-3H3.